The van der Waals surface area contributed by atoms with Crippen LogP contribution in [0.2, 0.25) is 0 Å². The number of nitrogens with one attached hydrogen (secondary N) is 2. The van der Waals surface area contributed by atoms with Gasteiger partial charge in [0, 0.05) is 44.2 Å². The van der Waals surface area contributed by atoms with Gasteiger partial charge >= 0.3 is 0 Å². The molecule has 94 valence electrons. The van der Waals surface area contributed by atoms with Gasteiger partial charge in [-0.1, -0.05) is 0 Å². The lowest BCUT2D eigenvalue weighted by Crippen LogP contribution is -2.25. The minimum Gasteiger partial charge on any atom is -0.377 e. The third-order valence-corrected chi connectivity index (χ3v) is 2.77. The summed E-state index contributed by atoms with van der Waals surface area (Å²) in [6.07, 6.45) is 6.45. The topological polar surface area (TPSA) is 59.1 Å². The van der Waals surface area contributed by atoms with Gasteiger partial charge in [-0.05, 0) is 19.8 Å². The third kappa shape index (κ3) is 3.94. The van der Waals surface area contributed by atoms with Crippen molar-refractivity contribution >= 4 is 5.95 Å². The molecule has 1 saturated heterocycles. The SMILES string of the molecule is CCNc1ncc(CNCC2CCCO2)cn1. The lowest BCUT2D eigenvalue weighted by Gasteiger charge is -2.10. The molecule has 17 heavy (non-hydrogen) atoms. The van der Waals surface area contributed by atoms with E-state index in [0.29, 0.717) is 12.1 Å². The van der Waals surface area contributed by atoms with Crippen LogP contribution in [-0.2, 0) is 11.3 Å². The van der Waals surface area contributed by atoms with E-state index in [1.54, 1.807) is 0 Å². The second-order valence-corrected chi connectivity index (χ2v) is 4.21. The molecular formula is C12H20N4O. The quantitative estimate of drug-likeness (QED) is 0.776. The Kier molecular flexibility index (Phi) is 4.70. The highest BCUT2D eigenvalue weighted by molar-refractivity contribution is 5.24. The summed E-state index contributed by atoms with van der Waals surface area (Å²) in [4.78, 5) is 8.45. The largest absolute Gasteiger partial charge is 0.377 e. The summed E-state index contributed by atoms with van der Waals surface area (Å²) in [6.45, 7) is 5.49. The number of anilines is 1. The molecule has 2 N–H and O–H groups in total. The van der Waals surface area contributed by atoms with Gasteiger partial charge in [0.1, 0.15) is 0 Å². The molecule has 2 heterocycles. The first-order valence-electron chi connectivity index (χ1n) is 6.25. The molecule has 5 heteroatoms. The number of ether oxygens (including phenoxy) is 1. The van der Waals surface area contributed by atoms with Crippen molar-refractivity contribution in [1.82, 2.24) is 15.3 Å². The van der Waals surface area contributed by atoms with Gasteiger partial charge in [-0.25, -0.2) is 9.97 Å². The van der Waals surface area contributed by atoms with E-state index < -0.39 is 0 Å². The summed E-state index contributed by atoms with van der Waals surface area (Å²) < 4.78 is 5.54. The Balaban J connectivity index is 1.70. The highest BCUT2D eigenvalue weighted by atomic mass is 16.5. The van der Waals surface area contributed by atoms with Crippen LogP contribution in [0.4, 0.5) is 5.95 Å². The first-order chi connectivity index (χ1) is 8.38. The van der Waals surface area contributed by atoms with E-state index in [9.17, 15) is 0 Å². The first kappa shape index (κ1) is 12.3. The van der Waals surface area contributed by atoms with Crippen molar-refractivity contribution in [2.24, 2.45) is 0 Å². The van der Waals surface area contributed by atoms with E-state index in [1.165, 1.54) is 12.8 Å². The second kappa shape index (κ2) is 6.51. The summed E-state index contributed by atoms with van der Waals surface area (Å²) in [5, 5.41) is 6.44. The van der Waals surface area contributed by atoms with Crippen molar-refractivity contribution in [3.63, 3.8) is 0 Å². The predicted molar refractivity (Wildman–Crippen MR) is 66.9 cm³/mol. The predicted octanol–water partition coefficient (Wildman–Crippen LogP) is 1.18. The van der Waals surface area contributed by atoms with Crippen LogP contribution in [0.3, 0.4) is 0 Å². The molecule has 1 aromatic heterocycles. The van der Waals surface area contributed by atoms with Crippen LogP contribution in [0.15, 0.2) is 12.4 Å². The Morgan fingerprint density at radius 1 is 1.41 bits per heavy atom. The number of nitrogens with zero attached hydrogens (tertiary/aromatic N) is 2. The van der Waals surface area contributed by atoms with Gasteiger partial charge in [0.25, 0.3) is 0 Å². The van der Waals surface area contributed by atoms with Crippen LogP contribution in [0.25, 0.3) is 0 Å². The smallest absolute Gasteiger partial charge is 0.222 e. The maximum Gasteiger partial charge on any atom is 0.222 e. The molecule has 1 aliphatic heterocycles. The van der Waals surface area contributed by atoms with E-state index in [-0.39, 0.29) is 0 Å². The molecule has 1 aliphatic rings. The molecule has 0 bridgehead atoms. The summed E-state index contributed by atoms with van der Waals surface area (Å²) in [7, 11) is 0. The van der Waals surface area contributed by atoms with Crippen molar-refractivity contribution in [2.45, 2.75) is 32.4 Å². The fourth-order valence-electron chi connectivity index (χ4n) is 1.88. The summed E-state index contributed by atoms with van der Waals surface area (Å²) >= 11 is 0. The van der Waals surface area contributed by atoms with Gasteiger partial charge < -0.3 is 15.4 Å². The Morgan fingerprint density at radius 2 is 2.24 bits per heavy atom. The number of rotatable bonds is 6. The average molecular weight is 236 g/mol. The zero-order valence-electron chi connectivity index (χ0n) is 10.3. The second-order valence-electron chi connectivity index (χ2n) is 4.21. The van der Waals surface area contributed by atoms with E-state index in [1.807, 2.05) is 19.3 Å². The average Bonchev–Trinajstić information content (AvgIpc) is 2.85. The zero-order chi connectivity index (χ0) is 11.9. The van der Waals surface area contributed by atoms with Crippen molar-refractivity contribution in [3.05, 3.63) is 18.0 Å². The van der Waals surface area contributed by atoms with Gasteiger partial charge in [0.05, 0.1) is 6.10 Å². The maximum absolute atomic E-state index is 5.54. The van der Waals surface area contributed by atoms with Crippen LogP contribution in [0.5, 0.6) is 0 Å². The Hall–Kier alpha value is -1.20. The monoisotopic (exact) mass is 236 g/mol. The number of hydrogen-bond donors (Lipinski definition) is 2. The number of hydrogen-bond acceptors (Lipinski definition) is 5. The fourth-order valence-corrected chi connectivity index (χ4v) is 1.88. The zero-order valence-corrected chi connectivity index (χ0v) is 10.3. The molecule has 0 saturated carbocycles. The molecule has 1 fully saturated rings. The van der Waals surface area contributed by atoms with Crippen molar-refractivity contribution < 1.29 is 4.74 Å². The van der Waals surface area contributed by atoms with E-state index in [4.69, 9.17) is 4.74 Å². The summed E-state index contributed by atoms with van der Waals surface area (Å²) in [5.74, 6) is 0.690. The maximum atomic E-state index is 5.54. The van der Waals surface area contributed by atoms with E-state index in [0.717, 1.165) is 31.8 Å². The summed E-state index contributed by atoms with van der Waals surface area (Å²) in [5.41, 5.74) is 1.10. The van der Waals surface area contributed by atoms with Crippen LogP contribution in [0, 0.1) is 0 Å². The molecule has 0 aromatic carbocycles. The standard InChI is InChI=1S/C12H20N4O/c1-2-14-12-15-7-10(8-16-12)6-13-9-11-4-3-5-17-11/h7-8,11,13H,2-6,9H2,1H3,(H,14,15,16). The lowest BCUT2D eigenvalue weighted by atomic mass is 10.2. The highest BCUT2D eigenvalue weighted by Crippen LogP contribution is 2.10. The third-order valence-electron chi connectivity index (χ3n) is 2.77. The lowest BCUT2D eigenvalue weighted by molar-refractivity contribution is 0.110. The fraction of sp³-hybridized carbons (Fsp3) is 0.667. The van der Waals surface area contributed by atoms with Crippen LogP contribution in [0.1, 0.15) is 25.3 Å². The first-order valence-corrected chi connectivity index (χ1v) is 6.25. The van der Waals surface area contributed by atoms with Crippen molar-refractivity contribution in [2.75, 3.05) is 25.0 Å². The van der Waals surface area contributed by atoms with Crippen molar-refractivity contribution in [1.29, 1.82) is 0 Å². The van der Waals surface area contributed by atoms with E-state index in [2.05, 4.69) is 20.6 Å². The Bertz CT molecular complexity index is 322. The van der Waals surface area contributed by atoms with Gasteiger partial charge in [0.2, 0.25) is 5.95 Å². The van der Waals surface area contributed by atoms with E-state index >= 15 is 0 Å². The van der Waals surface area contributed by atoms with Gasteiger partial charge in [-0.15, -0.1) is 0 Å². The number of aromatic nitrogens is 2. The van der Waals surface area contributed by atoms with Crippen LogP contribution >= 0.6 is 0 Å². The summed E-state index contributed by atoms with van der Waals surface area (Å²) in [6, 6.07) is 0. The molecule has 0 aliphatic carbocycles. The minimum atomic E-state index is 0.386. The molecule has 1 unspecified atom stereocenters. The van der Waals surface area contributed by atoms with Crippen LogP contribution in [-0.4, -0.2) is 35.8 Å². The molecule has 5 nitrogen and oxygen atoms in total. The molecule has 0 spiro atoms. The van der Waals surface area contributed by atoms with Crippen molar-refractivity contribution in [3.8, 4) is 0 Å². The molecule has 0 amide bonds. The molecular weight excluding hydrogens is 216 g/mol. The minimum absolute atomic E-state index is 0.386. The molecule has 1 atom stereocenters. The molecule has 2 rings (SSSR count). The Labute approximate surface area is 102 Å². The van der Waals surface area contributed by atoms with Gasteiger partial charge in [0.15, 0.2) is 0 Å². The molecule has 0 radical (unpaired) electrons. The Morgan fingerprint density at radius 3 is 2.88 bits per heavy atom. The highest BCUT2D eigenvalue weighted by Gasteiger charge is 2.14. The van der Waals surface area contributed by atoms with Gasteiger partial charge in [-0.2, -0.15) is 0 Å². The normalized spacial score (nSPS) is 19.5. The van der Waals surface area contributed by atoms with Crippen LogP contribution < -0.4 is 10.6 Å². The van der Waals surface area contributed by atoms with Gasteiger partial charge in [-0.3, -0.25) is 0 Å². The molecule has 1 aromatic rings.